The van der Waals surface area contributed by atoms with E-state index in [4.69, 9.17) is 9.47 Å². The van der Waals surface area contributed by atoms with Crippen LogP contribution in [0.25, 0.3) is 0 Å². The number of hydrogen-bond acceptors (Lipinski definition) is 3. The van der Waals surface area contributed by atoms with E-state index >= 15 is 0 Å². The van der Waals surface area contributed by atoms with Crippen LogP contribution in [0.3, 0.4) is 0 Å². The van der Waals surface area contributed by atoms with Crippen LogP contribution in [-0.2, 0) is 14.3 Å². The van der Waals surface area contributed by atoms with Crippen molar-refractivity contribution in [2.24, 2.45) is 0 Å². The lowest BCUT2D eigenvalue weighted by molar-refractivity contribution is -0.148. The van der Waals surface area contributed by atoms with E-state index in [2.05, 4.69) is 0 Å². The van der Waals surface area contributed by atoms with E-state index < -0.39 is 5.60 Å². The van der Waals surface area contributed by atoms with Gasteiger partial charge in [0.25, 0.3) is 0 Å². The van der Waals surface area contributed by atoms with Gasteiger partial charge in [-0.05, 0) is 25.8 Å². The van der Waals surface area contributed by atoms with Crippen LogP contribution in [-0.4, -0.2) is 24.6 Å². The number of ketones is 1. The first-order valence-electron chi connectivity index (χ1n) is 6.30. The van der Waals surface area contributed by atoms with Gasteiger partial charge in [-0.3, -0.25) is 4.79 Å². The molecule has 3 heteroatoms. The molecule has 0 unspecified atom stereocenters. The van der Waals surface area contributed by atoms with Gasteiger partial charge in [-0.25, -0.2) is 0 Å². The molecule has 0 aromatic rings. The molecule has 2 rings (SSSR count). The largest absolute Gasteiger partial charge is 0.490 e. The molecule has 16 heavy (non-hydrogen) atoms. The summed E-state index contributed by atoms with van der Waals surface area (Å²) in [7, 11) is 0. The third-order valence-corrected chi connectivity index (χ3v) is 3.42. The first-order valence-corrected chi connectivity index (χ1v) is 6.30. The molecule has 3 nitrogen and oxygen atoms in total. The summed E-state index contributed by atoms with van der Waals surface area (Å²) in [6.45, 7) is 3.19. The second kappa shape index (κ2) is 5.00. The van der Waals surface area contributed by atoms with Crippen LogP contribution in [0.1, 0.15) is 45.4 Å². The molecule has 1 aliphatic carbocycles. The molecule has 90 valence electrons. The number of hydrogen-bond donors (Lipinski definition) is 0. The maximum Gasteiger partial charge on any atom is 0.228 e. The van der Waals surface area contributed by atoms with Gasteiger partial charge in [0.05, 0.1) is 6.61 Å². The van der Waals surface area contributed by atoms with Crippen molar-refractivity contribution < 1.29 is 14.3 Å². The molecule has 0 N–H and O–H groups in total. The van der Waals surface area contributed by atoms with E-state index in [1.54, 1.807) is 0 Å². The van der Waals surface area contributed by atoms with Gasteiger partial charge in [-0.15, -0.1) is 0 Å². The standard InChI is InChI=1S/C13H20O3/c1-2-16-13(8-4-3-5-9-13)12(14)11-7-6-10-15-11/h7H,2-6,8-10H2,1H3. The van der Waals surface area contributed by atoms with Gasteiger partial charge in [-0.2, -0.15) is 0 Å². The third kappa shape index (κ3) is 2.14. The molecular weight excluding hydrogens is 204 g/mol. The summed E-state index contributed by atoms with van der Waals surface area (Å²) in [5.74, 6) is 0.613. The van der Waals surface area contributed by atoms with Gasteiger partial charge >= 0.3 is 0 Å². The summed E-state index contributed by atoms with van der Waals surface area (Å²) in [5, 5.41) is 0. The van der Waals surface area contributed by atoms with Gasteiger partial charge in [-0.1, -0.05) is 19.3 Å². The van der Waals surface area contributed by atoms with Crippen LogP contribution in [0.5, 0.6) is 0 Å². The van der Waals surface area contributed by atoms with Crippen molar-refractivity contribution in [1.29, 1.82) is 0 Å². The van der Waals surface area contributed by atoms with Gasteiger partial charge in [0.2, 0.25) is 5.78 Å². The van der Waals surface area contributed by atoms with Crippen molar-refractivity contribution in [3.05, 3.63) is 11.8 Å². The summed E-state index contributed by atoms with van der Waals surface area (Å²) >= 11 is 0. The van der Waals surface area contributed by atoms with Crippen molar-refractivity contribution in [1.82, 2.24) is 0 Å². The Balaban J connectivity index is 2.13. The van der Waals surface area contributed by atoms with Crippen LogP contribution in [0.15, 0.2) is 11.8 Å². The molecule has 2 aliphatic rings. The zero-order valence-electron chi connectivity index (χ0n) is 9.96. The molecular formula is C13H20O3. The molecule has 0 aromatic carbocycles. The summed E-state index contributed by atoms with van der Waals surface area (Å²) in [4.78, 5) is 12.4. The predicted octanol–water partition coefficient (Wildman–Crippen LogP) is 2.60. The molecule has 0 spiro atoms. The number of carbonyl (C=O) groups is 1. The van der Waals surface area contributed by atoms with Crippen LogP contribution >= 0.6 is 0 Å². The Morgan fingerprint density at radius 2 is 2.19 bits per heavy atom. The minimum atomic E-state index is -0.580. The summed E-state index contributed by atoms with van der Waals surface area (Å²) in [5.41, 5.74) is -0.580. The third-order valence-electron chi connectivity index (χ3n) is 3.42. The van der Waals surface area contributed by atoms with Crippen LogP contribution < -0.4 is 0 Å². The van der Waals surface area contributed by atoms with Crippen LogP contribution in [0.4, 0.5) is 0 Å². The minimum absolute atomic E-state index is 0.0755. The molecule has 0 bridgehead atoms. The van der Waals surface area contributed by atoms with Crippen molar-refractivity contribution in [2.75, 3.05) is 13.2 Å². The van der Waals surface area contributed by atoms with Crippen molar-refractivity contribution >= 4 is 5.78 Å². The molecule has 0 aromatic heterocycles. The molecule has 0 amide bonds. The fraction of sp³-hybridized carbons (Fsp3) is 0.769. The molecule has 0 atom stereocenters. The van der Waals surface area contributed by atoms with Crippen molar-refractivity contribution in [3.63, 3.8) is 0 Å². The number of carbonyl (C=O) groups excluding carboxylic acids is 1. The quantitative estimate of drug-likeness (QED) is 0.736. The minimum Gasteiger partial charge on any atom is -0.490 e. The van der Waals surface area contributed by atoms with Gasteiger partial charge < -0.3 is 9.47 Å². The zero-order valence-corrected chi connectivity index (χ0v) is 9.96. The molecule has 0 radical (unpaired) electrons. The molecule has 1 saturated carbocycles. The zero-order chi connectivity index (χ0) is 11.4. The van der Waals surface area contributed by atoms with E-state index in [0.29, 0.717) is 19.0 Å². The average molecular weight is 224 g/mol. The van der Waals surface area contributed by atoms with Crippen LogP contribution in [0, 0.1) is 0 Å². The highest BCUT2D eigenvalue weighted by atomic mass is 16.5. The second-order valence-electron chi connectivity index (χ2n) is 4.52. The lowest BCUT2D eigenvalue weighted by Crippen LogP contribution is -2.44. The maximum atomic E-state index is 12.4. The highest BCUT2D eigenvalue weighted by Crippen LogP contribution is 2.35. The number of Topliss-reactive ketones (excluding diaryl/α,β-unsaturated/α-hetero) is 1. The second-order valence-corrected chi connectivity index (χ2v) is 4.52. The Kier molecular flexibility index (Phi) is 3.64. The van der Waals surface area contributed by atoms with Crippen LogP contribution in [0.2, 0.25) is 0 Å². The van der Waals surface area contributed by atoms with Gasteiger partial charge in [0.15, 0.2) is 5.76 Å². The Morgan fingerprint density at radius 1 is 1.44 bits per heavy atom. The van der Waals surface area contributed by atoms with Crippen molar-refractivity contribution in [3.8, 4) is 0 Å². The Hall–Kier alpha value is -0.830. The smallest absolute Gasteiger partial charge is 0.228 e. The Bertz CT molecular complexity index is 282. The van der Waals surface area contributed by atoms with E-state index in [0.717, 1.165) is 32.1 Å². The summed E-state index contributed by atoms with van der Waals surface area (Å²) in [6, 6.07) is 0. The van der Waals surface area contributed by atoms with E-state index in [-0.39, 0.29) is 5.78 Å². The monoisotopic (exact) mass is 224 g/mol. The number of rotatable bonds is 4. The summed E-state index contributed by atoms with van der Waals surface area (Å²) in [6.07, 6.45) is 7.82. The first kappa shape index (κ1) is 11.6. The highest BCUT2D eigenvalue weighted by Gasteiger charge is 2.42. The van der Waals surface area contributed by atoms with E-state index in [1.165, 1.54) is 6.42 Å². The lowest BCUT2D eigenvalue weighted by Gasteiger charge is -2.35. The highest BCUT2D eigenvalue weighted by molar-refractivity contribution is 6.00. The maximum absolute atomic E-state index is 12.4. The molecule has 1 heterocycles. The molecule has 1 aliphatic heterocycles. The Morgan fingerprint density at radius 3 is 2.75 bits per heavy atom. The van der Waals surface area contributed by atoms with E-state index in [9.17, 15) is 4.79 Å². The topological polar surface area (TPSA) is 35.5 Å². The van der Waals surface area contributed by atoms with E-state index in [1.807, 2.05) is 13.0 Å². The SMILES string of the molecule is CCOC1(C(=O)C2=CCCO2)CCCCC1. The number of ether oxygens (including phenoxy) is 2. The van der Waals surface area contributed by atoms with Gasteiger partial charge in [0.1, 0.15) is 5.60 Å². The molecule has 1 fully saturated rings. The fourth-order valence-corrected chi connectivity index (χ4v) is 2.64. The summed E-state index contributed by atoms with van der Waals surface area (Å²) < 4.78 is 11.1. The first-order chi connectivity index (χ1) is 7.78. The molecule has 0 saturated heterocycles. The fourth-order valence-electron chi connectivity index (χ4n) is 2.64. The normalized spacial score (nSPS) is 23.7. The van der Waals surface area contributed by atoms with Crippen molar-refractivity contribution in [2.45, 2.75) is 51.0 Å². The average Bonchev–Trinajstić information content (AvgIpc) is 2.83. The predicted molar refractivity (Wildman–Crippen MR) is 61.1 cm³/mol. The Labute approximate surface area is 96.8 Å². The lowest BCUT2D eigenvalue weighted by atomic mass is 9.80. The van der Waals surface area contributed by atoms with Gasteiger partial charge in [0, 0.05) is 13.0 Å².